The Bertz CT molecular complexity index is 545. The molecule has 1 aromatic heterocycles. The Hall–Kier alpha value is -1.89. The molecule has 0 aromatic carbocycles. The second-order valence-electron chi connectivity index (χ2n) is 6.38. The maximum absolute atomic E-state index is 12.3. The van der Waals surface area contributed by atoms with Gasteiger partial charge in [-0.25, -0.2) is 4.98 Å². The van der Waals surface area contributed by atoms with Crippen molar-refractivity contribution in [2.45, 2.75) is 37.8 Å². The second kappa shape index (κ2) is 7.12. The molecule has 23 heavy (non-hydrogen) atoms. The van der Waals surface area contributed by atoms with Gasteiger partial charge in [-0.3, -0.25) is 4.79 Å². The van der Waals surface area contributed by atoms with E-state index >= 15 is 0 Å². The number of nitrogens with zero attached hydrogens (tertiary/aromatic N) is 4. The Morgan fingerprint density at radius 1 is 1.39 bits per heavy atom. The van der Waals surface area contributed by atoms with Crippen LogP contribution < -0.4 is 10.2 Å². The van der Waals surface area contributed by atoms with Gasteiger partial charge in [0.15, 0.2) is 0 Å². The number of ether oxygens (including phenoxy) is 1. The zero-order valence-electron chi connectivity index (χ0n) is 13.9. The monoisotopic (exact) mass is 319 g/mol. The third-order valence-corrected chi connectivity index (χ3v) is 4.39. The molecule has 7 heteroatoms. The molecule has 2 aliphatic heterocycles. The van der Waals surface area contributed by atoms with E-state index in [1.165, 1.54) is 0 Å². The van der Waals surface area contributed by atoms with Crippen LogP contribution in [-0.2, 0) is 9.53 Å². The van der Waals surface area contributed by atoms with Gasteiger partial charge < -0.3 is 19.9 Å². The standard InChI is InChI=1S/C16H25N5O2/c1-20(2)15(22)13-6-3-9-21(13)16-17-8-7-14(19-16)18-12-5-4-10-23-11-12/h7-8,12-13H,3-6,9-11H2,1-2H3,(H,17,18,19)/t12-,13+/m0/s1. The Morgan fingerprint density at radius 3 is 3.00 bits per heavy atom. The van der Waals surface area contributed by atoms with E-state index in [1.54, 1.807) is 25.2 Å². The van der Waals surface area contributed by atoms with E-state index in [9.17, 15) is 4.79 Å². The summed E-state index contributed by atoms with van der Waals surface area (Å²) in [5.74, 6) is 1.54. The summed E-state index contributed by atoms with van der Waals surface area (Å²) in [6.45, 7) is 2.38. The molecule has 0 saturated carbocycles. The number of amides is 1. The van der Waals surface area contributed by atoms with Crippen LogP contribution in [0.5, 0.6) is 0 Å². The highest BCUT2D eigenvalue weighted by atomic mass is 16.5. The molecule has 126 valence electrons. The first kappa shape index (κ1) is 16.0. The molecular formula is C16H25N5O2. The van der Waals surface area contributed by atoms with Crippen LogP contribution in [0.1, 0.15) is 25.7 Å². The fourth-order valence-electron chi connectivity index (χ4n) is 3.19. The lowest BCUT2D eigenvalue weighted by Gasteiger charge is -2.27. The summed E-state index contributed by atoms with van der Waals surface area (Å²) in [5, 5.41) is 3.41. The van der Waals surface area contributed by atoms with Gasteiger partial charge in [-0.15, -0.1) is 0 Å². The lowest BCUT2D eigenvalue weighted by Crippen LogP contribution is -2.43. The molecular weight excluding hydrogens is 294 g/mol. The Kier molecular flexibility index (Phi) is 4.95. The summed E-state index contributed by atoms with van der Waals surface area (Å²) < 4.78 is 5.49. The highest BCUT2D eigenvalue weighted by Gasteiger charge is 2.33. The largest absolute Gasteiger partial charge is 0.379 e. The normalized spacial score (nSPS) is 24.5. The predicted molar refractivity (Wildman–Crippen MR) is 88.6 cm³/mol. The minimum absolute atomic E-state index is 0.116. The first-order chi connectivity index (χ1) is 11.1. The van der Waals surface area contributed by atoms with Gasteiger partial charge in [-0.1, -0.05) is 0 Å². The molecule has 0 bridgehead atoms. The van der Waals surface area contributed by atoms with Crippen LogP contribution in [0.15, 0.2) is 12.3 Å². The molecule has 0 radical (unpaired) electrons. The summed E-state index contributed by atoms with van der Waals surface area (Å²) in [5.41, 5.74) is 0. The summed E-state index contributed by atoms with van der Waals surface area (Å²) in [7, 11) is 3.58. The molecule has 3 rings (SSSR count). The number of carbonyl (C=O) groups excluding carboxylic acids is 1. The van der Waals surface area contributed by atoms with Crippen molar-refractivity contribution >= 4 is 17.7 Å². The quantitative estimate of drug-likeness (QED) is 0.897. The fraction of sp³-hybridized carbons (Fsp3) is 0.688. The average Bonchev–Trinajstić information content (AvgIpc) is 3.05. The van der Waals surface area contributed by atoms with E-state index < -0.39 is 0 Å². The minimum atomic E-state index is -0.154. The van der Waals surface area contributed by atoms with Gasteiger partial charge in [-0.2, -0.15) is 4.98 Å². The van der Waals surface area contributed by atoms with Crippen molar-refractivity contribution in [3.8, 4) is 0 Å². The van der Waals surface area contributed by atoms with E-state index in [0.29, 0.717) is 18.6 Å². The van der Waals surface area contributed by atoms with Crippen LogP contribution in [0.2, 0.25) is 0 Å². The molecule has 0 spiro atoms. The predicted octanol–water partition coefficient (Wildman–Crippen LogP) is 1.12. The number of aromatic nitrogens is 2. The summed E-state index contributed by atoms with van der Waals surface area (Å²) in [6, 6.07) is 2.01. The third kappa shape index (κ3) is 3.72. The van der Waals surface area contributed by atoms with E-state index in [0.717, 1.165) is 44.7 Å². The van der Waals surface area contributed by atoms with Crippen molar-refractivity contribution in [2.75, 3.05) is 44.1 Å². The van der Waals surface area contributed by atoms with E-state index in [1.807, 2.05) is 11.0 Å². The maximum atomic E-state index is 12.3. The lowest BCUT2D eigenvalue weighted by molar-refractivity contribution is -0.129. The molecule has 2 saturated heterocycles. The van der Waals surface area contributed by atoms with Gasteiger partial charge in [0.05, 0.1) is 12.6 Å². The molecule has 1 N–H and O–H groups in total. The van der Waals surface area contributed by atoms with Gasteiger partial charge in [-0.05, 0) is 31.7 Å². The minimum Gasteiger partial charge on any atom is -0.379 e. The Morgan fingerprint density at radius 2 is 2.26 bits per heavy atom. The first-order valence-corrected chi connectivity index (χ1v) is 8.30. The second-order valence-corrected chi connectivity index (χ2v) is 6.38. The number of hydrogen-bond donors (Lipinski definition) is 1. The van der Waals surface area contributed by atoms with Crippen LogP contribution in [-0.4, -0.2) is 66.7 Å². The van der Waals surface area contributed by atoms with Gasteiger partial charge in [0, 0.05) is 33.4 Å². The number of carbonyl (C=O) groups is 1. The summed E-state index contributed by atoms with van der Waals surface area (Å²) in [6.07, 6.45) is 5.76. The van der Waals surface area contributed by atoms with E-state index in [-0.39, 0.29) is 11.9 Å². The maximum Gasteiger partial charge on any atom is 0.244 e. The summed E-state index contributed by atoms with van der Waals surface area (Å²) >= 11 is 0. The number of rotatable bonds is 4. The van der Waals surface area contributed by atoms with Crippen molar-refractivity contribution in [2.24, 2.45) is 0 Å². The van der Waals surface area contributed by atoms with Crippen molar-refractivity contribution < 1.29 is 9.53 Å². The van der Waals surface area contributed by atoms with E-state index in [4.69, 9.17) is 4.74 Å². The molecule has 1 aromatic rings. The molecule has 2 aliphatic rings. The Balaban J connectivity index is 1.72. The Labute approximate surface area is 137 Å². The van der Waals surface area contributed by atoms with Gasteiger partial charge >= 0.3 is 0 Å². The zero-order valence-corrected chi connectivity index (χ0v) is 13.9. The van der Waals surface area contributed by atoms with Gasteiger partial charge in [0.1, 0.15) is 11.9 Å². The molecule has 3 heterocycles. The third-order valence-electron chi connectivity index (χ3n) is 4.39. The van der Waals surface area contributed by atoms with Crippen molar-refractivity contribution in [3.05, 3.63) is 12.3 Å². The van der Waals surface area contributed by atoms with Gasteiger partial charge in [0.2, 0.25) is 11.9 Å². The van der Waals surface area contributed by atoms with Gasteiger partial charge in [0.25, 0.3) is 0 Å². The van der Waals surface area contributed by atoms with Crippen LogP contribution in [0.4, 0.5) is 11.8 Å². The molecule has 2 fully saturated rings. The lowest BCUT2D eigenvalue weighted by atomic mass is 10.1. The molecule has 2 atom stereocenters. The molecule has 1 amide bonds. The number of anilines is 2. The van der Waals surface area contributed by atoms with Crippen LogP contribution >= 0.6 is 0 Å². The van der Waals surface area contributed by atoms with Crippen molar-refractivity contribution in [1.82, 2.24) is 14.9 Å². The molecule has 7 nitrogen and oxygen atoms in total. The van der Waals surface area contributed by atoms with Crippen molar-refractivity contribution in [3.63, 3.8) is 0 Å². The van der Waals surface area contributed by atoms with Crippen molar-refractivity contribution in [1.29, 1.82) is 0 Å². The molecule has 0 unspecified atom stereocenters. The number of likely N-dealkylation sites (N-methyl/N-ethyl adjacent to an activating group) is 1. The fourth-order valence-corrected chi connectivity index (χ4v) is 3.19. The SMILES string of the molecule is CN(C)C(=O)[C@H]1CCCN1c1nccc(N[C@H]2CCCOC2)n1. The topological polar surface area (TPSA) is 70.6 Å². The van der Waals surface area contributed by atoms with E-state index in [2.05, 4.69) is 15.3 Å². The smallest absolute Gasteiger partial charge is 0.244 e. The number of nitrogens with one attached hydrogen (secondary N) is 1. The number of hydrogen-bond acceptors (Lipinski definition) is 6. The highest BCUT2D eigenvalue weighted by Crippen LogP contribution is 2.24. The average molecular weight is 319 g/mol. The molecule has 0 aliphatic carbocycles. The van der Waals surface area contributed by atoms with Crippen LogP contribution in [0.3, 0.4) is 0 Å². The van der Waals surface area contributed by atoms with Crippen LogP contribution in [0, 0.1) is 0 Å². The zero-order chi connectivity index (χ0) is 16.2. The highest BCUT2D eigenvalue weighted by molar-refractivity contribution is 5.85. The summed E-state index contributed by atoms with van der Waals surface area (Å²) in [4.78, 5) is 25.0. The van der Waals surface area contributed by atoms with Crippen LogP contribution in [0.25, 0.3) is 0 Å². The first-order valence-electron chi connectivity index (χ1n) is 8.30.